The molecule has 6 nitrogen and oxygen atoms in total. The topological polar surface area (TPSA) is 76.9 Å². The van der Waals surface area contributed by atoms with Crippen LogP contribution in [0.15, 0.2) is 70.7 Å². The van der Waals surface area contributed by atoms with E-state index < -0.39 is 0 Å². The lowest BCUT2D eigenvalue weighted by Gasteiger charge is -2.27. The molecule has 0 saturated carbocycles. The van der Waals surface area contributed by atoms with Gasteiger partial charge < -0.3 is 19.9 Å². The van der Waals surface area contributed by atoms with Crippen LogP contribution in [0.5, 0.6) is 0 Å². The van der Waals surface area contributed by atoms with Crippen molar-refractivity contribution in [1.82, 2.24) is 10.1 Å². The van der Waals surface area contributed by atoms with Gasteiger partial charge in [0.15, 0.2) is 5.96 Å². The minimum Gasteiger partial charge on any atom is -0.378 e. The van der Waals surface area contributed by atoms with Crippen molar-refractivity contribution >= 4 is 17.4 Å². The first-order chi connectivity index (χ1) is 14.1. The van der Waals surface area contributed by atoms with E-state index in [4.69, 9.17) is 15.0 Å². The fraction of sp³-hybridized carbons (Fsp3) is 0.182. The van der Waals surface area contributed by atoms with Crippen LogP contribution >= 0.6 is 0 Å². The number of ether oxygens (including phenoxy) is 1. The molecule has 2 heterocycles. The van der Waals surface area contributed by atoms with Crippen LogP contribution in [-0.4, -0.2) is 42.3 Å². The van der Waals surface area contributed by atoms with Gasteiger partial charge >= 0.3 is 0 Å². The Kier molecular flexibility index (Phi) is 5.39. The summed E-state index contributed by atoms with van der Waals surface area (Å²) in [6.45, 7) is 6.60. The van der Waals surface area contributed by atoms with Gasteiger partial charge in [0, 0.05) is 30.3 Å². The maximum atomic E-state index is 14.7. The Balaban J connectivity index is 1.52. The SMILES string of the molecule is C=C(c1ccc(-c2ccccc2)c(F)c1)c1cc(N=C(N)N2CCOCC2)on1. The Morgan fingerprint density at radius 1 is 1.10 bits per heavy atom. The Bertz CT molecular complexity index is 1040. The van der Waals surface area contributed by atoms with Crippen molar-refractivity contribution in [3.05, 3.63) is 78.3 Å². The third kappa shape index (κ3) is 4.20. The fourth-order valence-corrected chi connectivity index (χ4v) is 3.14. The first kappa shape index (κ1) is 18.9. The van der Waals surface area contributed by atoms with E-state index in [1.54, 1.807) is 12.1 Å². The molecule has 0 aliphatic carbocycles. The Morgan fingerprint density at radius 3 is 2.59 bits per heavy atom. The van der Waals surface area contributed by atoms with Crippen molar-refractivity contribution in [3.8, 4) is 11.1 Å². The summed E-state index contributed by atoms with van der Waals surface area (Å²) in [5.74, 6) is 0.291. The molecular weight excluding hydrogens is 371 g/mol. The monoisotopic (exact) mass is 392 g/mol. The zero-order valence-electron chi connectivity index (χ0n) is 15.8. The van der Waals surface area contributed by atoms with Crippen LogP contribution < -0.4 is 5.73 Å². The minimum absolute atomic E-state index is 0.270. The number of halogens is 1. The number of hydrogen-bond donors (Lipinski definition) is 1. The van der Waals surface area contributed by atoms with Crippen molar-refractivity contribution < 1.29 is 13.7 Å². The van der Waals surface area contributed by atoms with Crippen molar-refractivity contribution in [2.45, 2.75) is 0 Å². The highest BCUT2D eigenvalue weighted by atomic mass is 19.1. The van der Waals surface area contributed by atoms with Crippen LogP contribution in [0.1, 0.15) is 11.3 Å². The number of hydrogen-bond acceptors (Lipinski definition) is 4. The molecule has 0 radical (unpaired) electrons. The van der Waals surface area contributed by atoms with E-state index in [1.165, 1.54) is 6.07 Å². The standard InChI is InChI=1S/C22H21FN4O2/c1-15(17-7-8-18(19(23)13-17)16-5-3-2-4-6-16)20-14-21(29-26-20)25-22(24)27-9-11-28-12-10-27/h2-8,13-14H,1,9-12H2,(H2,24,25). The van der Waals surface area contributed by atoms with Crippen LogP contribution in [0.4, 0.5) is 10.3 Å². The van der Waals surface area contributed by atoms with Gasteiger partial charge in [0.1, 0.15) is 11.5 Å². The van der Waals surface area contributed by atoms with Gasteiger partial charge in [-0.15, -0.1) is 0 Å². The molecule has 2 aromatic carbocycles. The van der Waals surface area contributed by atoms with E-state index >= 15 is 0 Å². The molecule has 0 amide bonds. The molecule has 4 rings (SSSR count). The molecule has 0 bridgehead atoms. The quantitative estimate of drug-likeness (QED) is 0.540. The molecule has 29 heavy (non-hydrogen) atoms. The Morgan fingerprint density at radius 2 is 1.86 bits per heavy atom. The molecule has 0 spiro atoms. The third-order valence-electron chi connectivity index (χ3n) is 4.77. The second-order valence-corrected chi connectivity index (χ2v) is 6.66. The first-order valence-electron chi connectivity index (χ1n) is 9.30. The van der Waals surface area contributed by atoms with E-state index in [-0.39, 0.29) is 11.7 Å². The number of nitrogens with two attached hydrogens (primary N) is 1. The summed E-state index contributed by atoms with van der Waals surface area (Å²) in [6, 6.07) is 16.0. The van der Waals surface area contributed by atoms with Gasteiger partial charge in [-0.05, 0) is 17.2 Å². The average molecular weight is 392 g/mol. The fourth-order valence-electron chi connectivity index (χ4n) is 3.14. The summed E-state index contributed by atoms with van der Waals surface area (Å²) in [5.41, 5.74) is 9.02. The first-order valence-corrected chi connectivity index (χ1v) is 9.30. The number of guanidine groups is 1. The van der Waals surface area contributed by atoms with E-state index in [9.17, 15) is 4.39 Å². The molecule has 1 aliphatic heterocycles. The molecular formula is C22H21FN4O2. The molecule has 148 valence electrons. The molecule has 2 N–H and O–H groups in total. The Labute approximate surface area is 168 Å². The smallest absolute Gasteiger partial charge is 0.254 e. The lowest BCUT2D eigenvalue weighted by molar-refractivity contribution is 0.0675. The predicted octanol–water partition coefficient (Wildman–Crippen LogP) is 3.82. The number of aromatic nitrogens is 1. The maximum absolute atomic E-state index is 14.7. The van der Waals surface area contributed by atoms with E-state index in [0.717, 1.165) is 5.56 Å². The van der Waals surface area contributed by atoms with Crippen LogP contribution in [0, 0.1) is 5.82 Å². The molecule has 1 saturated heterocycles. The normalized spacial score (nSPS) is 14.8. The lowest BCUT2D eigenvalue weighted by atomic mass is 9.99. The summed E-state index contributed by atoms with van der Waals surface area (Å²) < 4.78 is 25.2. The molecule has 3 aromatic rings. The number of morpholine rings is 1. The summed E-state index contributed by atoms with van der Waals surface area (Å²) in [4.78, 5) is 6.19. The predicted molar refractivity (Wildman–Crippen MR) is 110 cm³/mol. The van der Waals surface area contributed by atoms with Crippen LogP contribution in [0.2, 0.25) is 0 Å². The highest BCUT2D eigenvalue weighted by molar-refractivity contribution is 5.82. The highest BCUT2D eigenvalue weighted by Crippen LogP contribution is 2.29. The Hall–Kier alpha value is -3.45. The largest absolute Gasteiger partial charge is 0.378 e. The summed E-state index contributed by atoms with van der Waals surface area (Å²) in [5, 5.41) is 4.00. The van der Waals surface area contributed by atoms with E-state index in [0.29, 0.717) is 54.7 Å². The van der Waals surface area contributed by atoms with Crippen molar-refractivity contribution in [3.63, 3.8) is 0 Å². The zero-order chi connectivity index (χ0) is 20.2. The number of benzene rings is 2. The lowest BCUT2D eigenvalue weighted by Crippen LogP contribution is -2.44. The van der Waals surface area contributed by atoms with Crippen molar-refractivity contribution in [2.24, 2.45) is 10.7 Å². The molecule has 1 aromatic heterocycles. The maximum Gasteiger partial charge on any atom is 0.254 e. The van der Waals surface area contributed by atoms with Gasteiger partial charge in [-0.25, -0.2) is 4.39 Å². The second kappa shape index (κ2) is 8.28. The van der Waals surface area contributed by atoms with Crippen LogP contribution in [-0.2, 0) is 4.74 Å². The third-order valence-corrected chi connectivity index (χ3v) is 4.77. The van der Waals surface area contributed by atoms with Crippen molar-refractivity contribution in [1.29, 1.82) is 0 Å². The van der Waals surface area contributed by atoms with Gasteiger partial charge in [-0.2, -0.15) is 4.99 Å². The molecule has 7 heteroatoms. The highest BCUT2D eigenvalue weighted by Gasteiger charge is 2.15. The van der Waals surface area contributed by atoms with E-state index in [2.05, 4.69) is 16.7 Å². The summed E-state index contributed by atoms with van der Waals surface area (Å²) in [6.07, 6.45) is 0. The minimum atomic E-state index is -0.326. The number of aliphatic imine (C=N–C) groups is 1. The van der Waals surface area contributed by atoms with Crippen LogP contribution in [0.3, 0.4) is 0 Å². The molecule has 0 atom stereocenters. The molecule has 1 fully saturated rings. The summed E-state index contributed by atoms with van der Waals surface area (Å²) >= 11 is 0. The van der Waals surface area contributed by atoms with E-state index in [1.807, 2.05) is 41.3 Å². The van der Waals surface area contributed by atoms with Gasteiger partial charge in [0.05, 0.1) is 13.2 Å². The van der Waals surface area contributed by atoms with Crippen LogP contribution in [0.25, 0.3) is 16.7 Å². The summed E-state index contributed by atoms with van der Waals surface area (Å²) in [7, 11) is 0. The number of rotatable bonds is 4. The molecule has 1 aliphatic rings. The molecule has 0 unspecified atom stereocenters. The second-order valence-electron chi connectivity index (χ2n) is 6.66. The van der Waals surface area contributed by atoms with Gasteiger partial charge in [0.2, 0.25) is 0 Å². The van der Waals surface area contributed by atoms with Gasteiger partial charge in [-0.3, -0.25) is 0 Å². The number of nitrogens with zero attached hydrogens (tertiary/aromatic N) is 3. The average Bonchev–Trinajstić information content (AvgIpc) is 3.23. The van der Waals surface area contributed by atoms with Crippen molar-refractivity contribution in [2.75, 3.05) is 26.3 Å². The van der Waals surface area contributed by atoms with Gasteiger partial charge in [0.25, 0.3) is 5.88 Å². The zero-order valence-corrected chi connectivity index (χ0v) is 15.8. The van der Waals surface area contributed by atoms with Gasteiger partial charge in [-0.1, -0.05) is 54.2 Å².